The third-order valence-corrected chi connectivity index (χ3v) is 4.86. The molecule has 0 spiro atoms. The van der Waals surface area contributed by atoms with Gasteiger partial charge in [-0.3, -0.25) is 4.68 Å². The molecule has 0 aliphatic heterocycles. The van der Waals surface area contributed by atoms with Gasteiger partial charge in [-0.2, -0.15) is 10.1 Å². The first kappa shape index (κ1) is 13.8. The summed E-state index contributed by atoms with van der Waals surface area (Å²) in [6, 6.07) is 0. The molecule has 118 valence electrons. The van der Waals surface area contributed by atoms with E-state index in [1.54, 1.807) is 13.1 Å². The van der Waals surface area contributed by atoms with E-state index in [1.807, 2.05) is 0 Å². The standard InChI is InChI=1S/C15H18F2N4O/c1-8-12(6-21(19-8)7-13(16)17)15-18-14(20-22-15)10-4-2-3-9-5-11(9)10/h6,9-11,13H,2-5,7H2,1H3. The van der Waals surface area contributed by atoms with Crippen LogP contribution in [0.15, 0.2) is 10.7 Å². The van der Waals surface area contributed by atoms with E-state index in [4.69, 9.17) is 4.52 Å². The summed E-state index contributed by atoms with van der Waals surface area (Å²) in [5, 5.41) is 8.21. The minimum Gasteiger partial charge on any atom is -0.334 e. The Morgan fingerprint density at radius 3 is 3.09 bits per heavy atom. The maximum Gasteiger partial charge on any atom is 0.261 e. The molecule has 2 aromatic rings. The maximum absolute atomic E-state index is 12.4. The Kier molecular flexibility index (Phi) is 3.23. The molecule has 0 bridgehead atoms. The largest absolute Gasteiger partial charge is 0.334 e. The highest BCUT2D eigenvalue weighted by atomic mass is 19.3. The molecule has 4 rings (SSSR count). The molecular formula is C15H18F2N4O. The van der Waals surface area contributed by atoms with Crippen LogP contribution >= 0.6 is 0 Å². The zero-order valence-electron chi connectivity index (χ0n) is 12.4. The van der Waals surface area contributed by atoms with Gasteiger partial charge in [0.05, 0.1) is 11.3 Å². The number of alkyl halides is 2. The average molecular weight is 308 g/mol. The summed E-state index contributed by atoms with van der Waals surface area (Å²) in [7, 11) is 0. The third kappa shape index (κ3) is 2.42. The first-order valence-corrected chi connectivity index (χ1v) is 7.78. The molecule has 2 aliphatic rings. The summed E-state index contributed by atoms with van der Waals surface area (Å²) >= 11 is 0. The van der Waals surface area contributed by atoms with Crippen LogP contribution in [0.25, 0.3) is 11.5 Å². The van der Waals surface area contributed by atoms with Crippen molar-refractivity contribution in [3.63, 3.8) is 0 Å². The SMILES string of the molecule is Cc1nn(CC(F)F)cc1-c1nc(C2CCCC3CC32)no1. The van der Waals surface area contributed by atoms with E-state index >= 15 is 0 Å². The molecule has 2 heterocycles. The first-order chi connectivity index (χ1) is 10.6. The number of rotatable bonds is 4. The molecule has 0 amide bonds. The number of halogens is 2. The van der Waals surface area contributed by atoms with Crippen molar-refractivity contribution in [2.75, 3.05) is 0 Å². The van der Waals surface area contributed by atoms with Crippen LogP contribution in [0.3, 0.4) is 0 Å². The summed E-state index contributed by atoms with van der Waals surface area (Å²) in [6.07, 6.45) is 4.06. The summed E-state index contributed by atoms with van der Waals surface area (Å²) in [5.74, 6) is 3.10. The highest BCUT2D eigenvalue weighted by Crippen LogP contribution is 2.56. The lowest BCUT2D eigenvalue weighted by atomic mass is 9.88. The van der Waals surface area contributed by atoms with Crippen molar-refractivity contribution < 1.29 is 13.3 Å². The van der Waals surface area contributed by atoms with Crippen molar-refractivity contribution in [2.45, 2.75) is 51.5 Å². The van der Waals surface area contributed by atoms with Crippen LogP contribution in [0.1, 0.15) is 43.1 Å². The Balaban J connectivity index is 1.57. The Morgan fingerprint density at radius 1 is 1.41 bits per heavy atom. The fourth-order valence-corrected chi connectivity index (χ4v) is 3.69. The molecule has 0 N–H and O–H groups in total. The van der Waals surface area contributed by atoms with Gasteiger partial charge in [0.25, 0.3) is 12.3 Å². The first-order valence-electron chi connectivity index (χ1n) is 7.78. The molecular weight excluding hydrogens is 290 g/mol. The van der Waals surface area contributed by atoms with E-state index in [0.717, 1.165) is 18.2 Å². The molecule has 2 aromatic heterocycles. The minimum absolute atomic E-state index is 0.385. The van der Waals surface area contributed by atoms with Crippen LogP contribution in [-0.2, 0) is 6.54 Å². The van der Waals surface area contributed by atoms with E-state index in [2.05, 4.69) is 15.2 Å². The van der Waals surface area contributed by atoms with E-state index in [0.29, 0.717) is 29.0 Å². The third-order valence-electron chi connectivity index (χ3n) is 4.86. The zero-order chi connectivity index (χ0) is 15.3. The maximum atomic E-state index is 12.4. The molecule has 3 atom stereocenters. The fraction of sp³-hybridized carbons (Fsp3) is 0.667. The molecule has 0 saturated heterocycles. The summed E-state index contributed by atoms with van der Waals surface area (Å²) < 4.78 is 31.5. The highest BCUT2D eigenvalue weighted by molar-refractivity contribution is 5.54. The van der Waals surface area contributed by atoms with Crippen LogP contribution in [0.2, 0.25) is 0 Å². The van der Waals surface area contributed by atoms with Crippen LogP contribution in [-0.4, -0.2) is 26.3 Å². The van der Waals surface area contributed by atoms with Gasteiger partial charge in [-0.25, -0.2) is 8.78 Å². The van der Waals surface area contributed by atoms with E-state index in [-0.39, 0.29) is 0 Å². The second-order valence-corrected chi connectivity index (χ2v) is 6.40. The van der Waals surface area contributed by atoms with Crippen molar-refractivity contribution in [1.29, 1.82) is 0 Å². The minimum atomic E-state index is -2.43. The molecule has 0 aromatic carbocycles. The predicted molar refractivity (Wildman–Crippen MR) is 74.4 cm³/mol. The molecule has 22 heavy (non-hydrogen) atoms. The monoisotopic (exact) mass is 308 g/mol. The van der Waals surface area contributed by atoms with Gasteiger partial charge in [0.15, 0.2) is 5.82 Å². The van der Waals surface area contributed by atoms with Crippen molar-refractivity contribution in [1.82, 2.24) is 19.9 Å². The summed E-state index contributed by atoms with van der Waals surface area (Å²) in [6.45, 7) is 1.34. The Labute approximate surface area is 126 Å². The number of aryl methyl sites for hydroxylation is 1. The van der Waals surface area contributed by atoms with Gasteiger partial charge in [-0.1, -0.05) is 18.0 Å². The second kappa shape index (κ2) is 5.14. The summed E-state index contributed by atoms with van der Waals surface area (Å²) in [4.78, 5) is 4.52. The van der Waals surface area contributed by atoms with Crippen molar-refractivity contribution >= 4 is 0 Å². The van der Waals surface area contributed by atoms with Crippen LogP contribution in [0, 0.1) is 18.8 Å². The van der Waals surface area contributed by atoms with E-state index in [9.17, 15) is 8.78 Å². The molecule has 7 heteroatoms. The normalized spacial score (nSPS) is 27.2. The lowest BCUT2D eigenvalue weighted by Crippen LogP contribution is -2.09. The van der Waals surface area contributed by atoms with Crippen molar-refractivity contribution in [3.8, 4) is 11.5 Å². The molecule has 3 unspecified atom stereocenters. The molecule has 2 fully saturated rings. The van der Waals surface area contributed by atoms with Crippen LogP contribution in [0.5, 0.6) is 0 Å². The lowest BCUT2D eigenvalue weighted by molar-refractivity contribution is 0.121. The van der Waals surface area contributed by atoms with Gasteiger partial charge in [0.1, 0.15) is 6.54 Å². The van der Waals surface area contributed by atoms with Crippen molar-refractivity contribution in [2.24, 2.45) is 11.8 Å². The topological polar surface area (TPSA) is 56.7 Å². The Bertz CT molecular complexity index is 681. The van der Waals surface area contributed by atoms with Gasteiger partial charge in [0.2, 0.25) is 0 Å². The number of fused-ring (bicyclic) bond motifs is 1. The van der Waals surface area contributed by atoms with Gasteiger partial charge >= 0.3 is 0 Å². The van der Waals surface area contributed by atoms with Gasteiger partial charge in [0, 0.05) is 12.1 Å². The van der Waals surface area contributed by atoms with Gasteiger partial charge in [-0.15, -0.1) is 0 Å². The van der Waals surface area contributed by atoms with Crippen molar-refractivity contribution in [3.05, 3.63) is 17.7 Å². The number of nitrogens with zero attached hydrogens (tertiary/aromatic N) is 4. The van der Waals surface area contributed by atoms with Crippen LogP contribution < -0.4 is 0 Å². The zero-order valence-corrected chi connectivity index (χ0v) is 12.4. The molecule has 0 radical (unpaired) electrons. The number of hydrogen-bond donors (Lipinski definition) is 0. The molecule has 2 aliphatic carbocycles. The van der Waals surface area contributed by atoms with Gasteiger partial charge < -0.3 is 4.52 Å². The van der Waals surface area contributed by atoms with E-state index < -0.39 is 13.0 Å². The summed E-state index contributed by atoms with van der Waals surface area (Å²) in [5.41, 5.74) is 1.27. The molecule has 5 nitrogen and oxygen atoms in total. The number of aromatic nitrogens is 4. The van der Waals surface area contributed by atoms with Gasteiger partial charge in [-0.05, 0) is 31.6 Å². The second-order valence-electron chi connectivity index (χ2n) is 6.40. The number of hydrogen-bond acceptors (Lipinski definition) is 4. The predicted octanol–water partition coefficient (Wildman–Crippen LogP) is 3.41. The van der Waals surface area contributed by atoms with Crippen LogP contribution in [0.4, 0.5) is 8.78 Å². The molecule has 2 saturated carbocycles. The average Bonchev–Trinajstić information content (AvgIpc) is 2.96. The highest BCUT2D eigenvalue weighted by Gasteiger charge is 2.47. The quantitative estimate of drug-likeness (QED) is 0.868. The van der Waals surface area contributed by atoms with E-state index in [1.165, 1.54) is 23.9 Å². The smallest absolute Gasteiger partial charge is 0.261 e. The Morgan fingerprint density at radius 2 is 2.27 bits per heavy atom. The lowest BCUT2D eigenvalue weighted by Gasteiger charge is -2.17. The fourth-order valence-electron chi connectivity index (χ4n) is 3.69. The Hall–Kier alpha value is -1.79.